The number of rotatable bonds is 5. The number of amides is 1. The van der Waals surface area contributed by atoms with E-state index in [9.17, 15) is 30.0 Å². The van der Waals surface area contributed by atoms with Crippen molar-refractivity contribution in [3.63, 3.8) is 0 Å². The van der Waals surface area contributed by atoms with Crippen LogP contribution in [0.5, 0.6) is 0 Å². The lowest BCUT2D eigenvalue weighted by Crippen LogP contribution is -2.70. The molecule has 5 unspecified atom stereocenters. The van der Waals surface area contributed by atoms with Crippen molar-refractivity contribution in [2.45, 2.75) is 50.1 Å². The van der Waals surface area contributed by atoms with E-state index in [2.05, 4.69) is 10.1 Å². The zero-order chi connectivity index (χ0) is 17.9. The molecule has 1 fully saturated rings. The Balaban J connectivity index is 3.22. The molecule has 0 spiro atoms. The number of hydrogen-bond donors (Lipinski definition) is 6. The van der Waals surface area contributed by atoms with E-state index in [0.717, 1.165) is 14.0 Å². The van der Waals surface area contributed by atoms with Crippen molar-refractivity contribution in [3.8, 4) is 0 Å². The number of ether oxygens (including phenoxy) is 2. The highest BCUT2D eigenvalue weighted by Gasteiger charge is 2.58. The Bertz CT molecular complexity index is 445. The van der Waals surface area contributed by atoms with Gasteiger partial charge >= 0.3 is 5.97 Å². The monoisotopic (exact) mass is 337 g/mol. The molecule has 23 heavy (non-hydrogen) atoms. The van der Waals surface area contributed by atoms with Crippen LogP contribution in [-0.4, -0.2) is 87.4 Å². The van der Waals surface area contributed by atoms with Crippen LogP contribution in [0.2, 0.25) is 0 Å². The molecule has 0 aromatic rings. The van der Waals surface area contributed by atoms with Crippen molar-refractivity contribution in [1.29, 1.82) is 0 Å². The number of nitrogens with one attached hydrogen (secondary N) is 1. The van der Waals surface area contributed by atoms with E-state index in [4.69, 9.17) is 9.84 Å². The predicted octanol–water partition coefficient (Wildman–Crippen LogP) is -3.54. The third-order valence-corrected chi connectivity index (χ3v) is 3.93. The van der Waals surface area contributed by atoms with Gasteiger partial charge in [-0.1, -0.05) is 6.92 Å². The number of hydrogen-bond acceptors (Lipinski definition) is 9. The normalized spacial score (nSPS) is 36.9. The van der Waals surface area contributed by atoms with Gasteiger partial charge in [-0.05, 0) is 0 Å². The molecular weight excluding hydrogens is 314 g/mol. The molecule has 0 aliphatic carbocycles. The summed E-state index contributed by atoms with van der Waals surface area (Å²) in [5.41, 5.74) is 0. The fourth-order valence-corrected chi connectivity index (χ4v) is 2.52. The average Bonchev–Trinajstić information content (AvgIpc) is 2.52. The van der Waals surface area contributed by atoms with E-state index in [1.165, 1.54) is 6.92 Å². The van der Waals surface area contributed by atoms with Gasteiger partial charge in [-0.25, -0.2) is 4.79 Å². The molecule has 10 heteroatoms. The average molecular weight is 337 g/mol. The molecular formula is C13H23NO9. The largest absolute Gasteiger partial charge is 0.465 e. The number of carbonyl (C=O) groups excluding carboxylic acids is 2. The maximum atomic E-state index is 11.8. The number of carbonyl (C=O) groups is 2. The summed E-state index contributed by atoms with van der Waals surface area (Å²) in [4.78, 5) is 23.1. The van der Waals surface area contributed by atoms with Gasteiger partial charge in [-0.2, -0.15) is 0 Å². The Labute approximate surface area is 132 Å². The minimum Gasteiger partial charge on any atom is -0.465 e. The molecule has 10 nitrogen and oxygen atoms in total. The Morgan fingerprint density at radius 1 is 1.39 bits per heavy atom. The number of esters is 1. The lowest BCUT2D eigenvalue weighted by Gasteiger charge is -2.48. The van der Waals surface area contributed by atoms with Gasteiger partial charge in [-0.3, -0.25) is 4.79 Å². The smallest absolute Gasteiger partial charge is 0.366 e. The highest BCUT2D eigenvalue weighted by Crippen LogP contribution is 2.35. The van der Waals surface area contributed by atoms with E-state index in [-0.39, 0.29) is 0 Å². The maximum Gasteiger partial charge on any atom is 0.366 e. The van der Waals surface area contributed by atoms with Gasteiger partial charge in [0.05, 0.1) is 25.9 Å². The summed E-state index contributed by atoms with van der Waals surface area (Å²) in [6.45, 7) is 1.61. The van der Waals surface area contributed by atoms with Crippen LogP contribution in [-0.2, 0) is 19.1 Å². The molecule has 1 rings (SSSR count). The van der Waals surface area contributed by atoms with Crippen molar-refractivity contribution in [3.05, 3.63) is 0 Å². The fourth-order valence-electron chi connectivity index (χ4n) is 2.52. The quantitative estimate of drug-likeness (QED) is 0.279. The minimum absolute atomic E-state index is 0.566. The zero-order valence-electron chi connectivity index (χ0n) is 13.0. The molecule has 1 aliphatic rings. The first-order valence-electron chi connectivity index (χ1n) is 7.00. The Morgan fingerprint density at radius 2 is 1.96 bits per heavy atom. The summed E-state index contributed by atoms with van der Waals surface area (Å²) in [5.74, 6) is -5.57. The summed E-state index contributed by atoms with van der Waals surface area (Å²) in [6, 6.07) is -1.23. The summed E-state index contributed by atoms with van der Waals surface area (Å²) >= 11 is 0. The molecule has 6 N–H and O–H groups in total. The summed E-state index contributed by atoms with van der Waals surface area (Å²) in [5, 5.41) is 51.6. The first-order chi connectivity index (χ1) is 10.6. The summed E-state index contributed by atoms with van der Waals surface area (Å²) < 4.78 is 9.63. The van der Waals surface area contributed by atoms with Crippen molar-refractivity contribution in [2.75, 3.05) is 13.7 Å². The lowest BCUT2D eigenvalue weighted by molar-refractivity contribution is -0.318. The molecule has 7 atom stereocenters. The molecule has 1 amide bonds. The molecule has 0 bridgehead atoms. The molecule has 1 aliphatic heterocycles. The summed E-state index contributed by atoms with van der Waals surface area (Å²) in [7, 11) is 0.997. The van der Waals surface area contributed by atoms with Crippen LogP contribution in [0.25, 0.3) is 0 Å². The van der Waals surface area contributed by atoms with E-state index in [0.29, 0.717) is 0 Å². The third kappa shape index (κ3) is 3.79. The van der Waals surface area contributed by atoms with Gasteiger partial charge in [0.2, 0.25) is 5.91 Å². The second-order valence-corrected chi connectivity index (χ2v) is 5.52. The maximum absolute atomic E-state index is 11.8. The van der Waals surface area contributed by atoms with Crippen LogP contribution >= 0.6 is 0 Å². The lowest BCUT2D eigenvalue weighted by atomic mass is 9.81. The van der Waals surface area contributed by atoms with Crippen molar-refractivity contribution < 1.29 is 44.6 Å². The standard InChI is InChI=1S/C13H23NO9/c1-5-9(18)8(14-6(2)16)11(10(19)7(17)4-15)23-13(5,21)12(20)22-3/h5,7-11,15,17-19,21H,4H2,1-3H3,(H,14,16)/t5?,7-,8?,9?,10-,11?,13?/m1/s1. The van der Waals surface area contributed by atoms with Crippen LogP contribution in [0.15, 0.2) is 0 Å². The number of methoxy groups -OCH3 is 1. The minimum atomic E-state index is -2.59. The Kier molecular flexibility index (Phi) is 6.45. The third-order valence-electron chi connectivity index (χ3n) is 3.93. The Morgan fingerprint density at radius 3 is 2.39 bits per heavy atom. The van der Waals surface area contributed by atoms with Crippen molar-refractivity contribution in [1.82, 2.24) is 5.32 Å². The molecule has 1 heterocycles. The van der Waals surface area contributed by atoms with Gasteiger partial charge < -0.3 is 40.3 Å². The van der Waals surface area contributed by atoms with Gasteiger partial charge in [0.25, 0.3) is 5.79 Å². The first kappa shape index (κ1) is 19.7. The molecule has 134 valence electrons. The molecule has 0 radical (unpaired) electrons. The fraction of sp³-hybridized carbons (Fsp3) is 0.846. The van der Waals surface area contributed by atoms with E-state index in [1.54, 1.807) is 0 Å². The Hall–Kier alpha value is -1.30. The topological polar surface area (TPSA) is 166 Å². The van der Waals surface area contributed by atoms with Crippen LogP contribution in [0.4, 0.5) is 0 Å². The second kappa shape index (κ2) is 7.51. The molecule has 0 saturated carbocycles. The van der Waals surface area contributed by atoms with Gasteiger partial charge in [0.1, 0.15) is 18.3 Å². The molecule has 0 aromatic heterocycles. The van der Waals surface area contributed by atoms with Gasteiger partial charge in [0, 0.05) is 12.8 Å². The van der Waals surface area contributed by atoms with Crippen LogP contribution < -0.4 is 5.32 Å². The van der Waals surface area contributed by atoms with Gasteiger partial charge in [0.15, 0.2) is 0 Å². The molecule has 1 saturated heterocycles. The van der Waals surface area contributed by atoms with E-state index < -0.39 is 60.6 Å². The first-order valence-corrected chi connectivity index (χ1v) is 7.00. The highest BCUT2D eigenvalue weighted by atomic mass is 16.7. The van der Waals surface area contributed by atoms with Crippen LogP contribution in [0, 0.1) is 5.92 Å². The van der Waals surface area contributed by atoms with Crippen LogP contribution in [0.1, 0.15) is 13.8 Å². The zero-order valence-corrected chi connectivity index (χ0v) is 13.0. The highest BCUT2D eigenvalue weighted by molar-refractivity contribution is 5.78. The van der Waals surface area contributed by atoms with Crippen molar-refractivity contribution in [2.24, 2.45) is 5.92 Å². The summed E-state index contributed by atoms with van der Waals surface area (Å²) in [6.07, 6.45) is -6.55. The van der Waals surface area contributed by atoms with Crippen molar-refractivity contribution >= 4 is 11.9 Å². The number of aliphatic hydroxyl groups is 5. The number of aliphatic hydroxyl groups excluding tert-OH is 4. The SMILES string of the molecule is COC(=O)C1(O)OC([C@H](O)[C@H](O)CO)C(NC(C)=O)C(O)C1C. The van der Waals surface area contributed by atoms with Gasteiger partial charge in [-0.15, -0.1) is 0 Å². The predicted molar refractivity (Wildman–Crippen MR) is 73.7 cm³/mol. The van der Waals surface area contributed by atoms with Crippen LogP contribution in [0.3, 0.4) is 0 Å². The van der Waals surface area contributed by atoms with E-state index in [1.807, 2.05) is 0 Å². The second-order valence-electron chi connectivity index (χ2n) is 5.52. The molecule has 0 aromatic carbocycles. The van der Waals surface area contributed by atoms with E-state index >= 15 is 0 Å².